The summed E-state index contributed by atoms with van der Waals surface area (Å²) in [7, 11) is 0. The van der Waals surface area contributed by atoms with Gasteiger partial charge in [-0.25, -0.2) is 4.98 Å². The summed E-state index contributed by atoms with van der Waals surface area (Å²) in [4.78, 5) is 19.1. The Morgan fingerprint density at radius 1 is 1.32 bits per heavy atom. The molecule has 3 aromatic rings. The lowest BCUT2D eigenvalue weighted by Gasteiger charge is -1.98. The van der Waals surface area contributed by atoms with Crippen molar-refractivity contribution >= 4 is 22.4 Å². The van der Waals surface area contributed by atoms with Crippen molar-refractivity contribution < 1.29 is 4.79 Å². The van der Waals surface area contributed by atoms with Crippen molar-refractivity contribution in [2.45, 2.75) is 20.3 Å². The third-order valence-electron chi connectivity index (χ3n) is 3.16. The Labute approximate surface area is 131 Å². The van der Waals surface area contributed by atoms with E-state index in [2.05, 4.69) is 20.5 Å². The fraction of sp³-hybridized carbons (Fsp3) is 0.200. The molecule has 0 atom stereocenters. The molecule has 1 amide bonds. The first-order chi connectivity index (χ1) is 10.7. The number of rotatable bonds is 4. The lowest BCUT2D eigenvalue weighted by atomic mass is 10.3. The standard InChI is InChI=1S/C15H15N5OS/c1-3-12-10(2)22-15(17-12)18-14(21)13-9-16-20(19-13)11-7-5-4-6-8-11/h4-9H,3H2,1-2H3,(H,17,18,21). The van der Waals surface area contributed by atoms with Crippen LogP contribution in [0.4, 0.5) is 5.13 Å². The van der Waals surface area contributed by atoms with Gasteiger partial charge < -0.3 is 0 Å². The molecule has 22 heavy (non-hydrogen) atoms. The Hall–Kier alpha value is -2.54. The highest BCUT2D eigenvalue weighted by atomic mass is 32.1. The molecule has 2 heterocycles. The molecule has 112 valence electrons. The van der Waals surface area contributed by atoms with E-state index in [1.54, 1.807) is 0 Å². The summed E-state index contributed by atoms with van der Waals surface area (Å²) in [5.74, 6) is -0.307. The second-order valence-electron chi connectivity index (χ2n) is 4.68. The van der Waals surface area contributed by atoms with E-state index in [9.17, 15) is 4.79 Å². The van der Waals surface area contributed by atoms with E-state index in [4.69, 9.17) is 0 Å². The molecule has 0 bridgehead atoms. The molecule has 1 N–H and O–H groups in total. The van der Waals surface area contributed by atoms with Crippen LogP contribution in [0.15, 0.2) is 36.5 Å². The van der Waals surface area contributed by atoms with Crippen LogP contribution in [0, 0.1) is 6.92 Å². The SMILES string of the molecule is CCc1nc(NC(=O)c2cnn(-c3ccccc3)n2)sc1C. The highest BCUT2D eigenvalue weighted by Gasteiger charge is 2.14. The number of nitrogens with zero attached hydrogens (tertiary/aromatic N) is 4. The van der Waals surface area contributed by atoms with Crippen LogP contribution in [0.25, 0.3) is 5.69 Å². The van der Waals surface area contributed by atoms with Crippen LogP contribution in [0.1, 0.15) is 28.0 Å². The Kier molecular flexibility index (Phi) is 3.97. The van der Waals surface area contributed by atoms with E-state index in [0.29, 0.717) is 5.13 Å². The topological polar surface area (TPSA) is 72.7 Å². The van der Waals surface area contributed by atoms with Crippen LogP contribution >= 0.6 is 11.3 Å². The quantitative estimate of drug-likeness (QED) is 0.804. The van der Waals surface area contributed by atoms with Crippen LogP contribution in [0.3, 0.4) is 0 Å². The zero-order valence-corrected chi connectivity index (χ0v) is 13.1. The van der Waals surface area contributed by atoms with E-state index in [1.165, 1.54) is 22.3 Å². The lowest BCUT2D eigenvalue weighted by molar-refractivity contribution is 0.102. The smallest absolute Gasteiger partial charge is 0.279 e. The number of thiazole rings is 1. The van der Waals surface area contributed by atoms with Gasteiger partial charge in [-0.15, -0.1) is 16.4 Å². The molecule has 0 spiro atoms. The zero-order chi connectivity index (χ0) is 15.5. The highest BCUT2D eigenvalue weighted by Crippen LogP contribution is 2.22. The first kappa shape index (κ1) is 14.4. The number of aryl methyl sites for hydroxylation is 2. The van der Waals surface area contributed by atoms with Crippen LogP contribution in [0.2, 0.25) is 0 Å². The van der Waals surface area contributed by atoms with Gasteiger partial charge in [0.15, 0.2) is 10.8 Å². The number of carbonyl (C=O) groups is 1. The summed E-state index contributed by atoms with van der Waals surface area (Å²) in [6.45, 7) is 4.04. The van der Waals surface area contributed by atoms with Gasteiger partial charge in [-0.2, -0.15) is 9.90 Å². The van der Waals surface area contributed by atoms with Gasteiger partial charge in [-0.05, 0) is 25.5 Å². The van der Waals surface area contributed by atoms with Gasteiger partial charge in [-0.1, -0.05) is 25.1 Å². The Morgan fingerprint density at radius 2 is 2.09 bits per heavy atom. The fourth-order valence-corrected chi connectivity index (χ4v) is 2.92. The minimum atomic E-state index is -0.307. The van der Waals surface area contributed by atoms with Gasteiger partial charge in [0.2, 0.25) is 0 Å². The maximum Gasteiger partial charge on any atom is 0.279 e. The third-order valence-corrected chi connectivity index (χ3v) is 4.09. The van der Waals surface area contributed by atoms with E-state index in [-0.39, 0.29) is 11.6 Å². The number of para-hydroxylation sites is 1. The number of hydrogen-bond acceptors (Lipinski definition) is 5. The minimum absolute atomic E-state index is 0.259. The van der Waals surface area contributed by atoms with Crippen molar-refractivity contribution in [3.05, 3.63) is 52.8 Å². The van der Waals surface area contributed by atoms with Gasteiger partial charge >= 0.3 is 0 Å². The number of benzene rings is 1. The van der Waals surface area contributed by atoms with Gasteiger partial charge in [0.1, 0.15) is 0 Å². The summed E-state index contributed by atoms with van der Waals surface area (Å²) in [6, 6.07) is 9.45. The number of aromatic nitrogens is 4. The number of nitrogens with one attached hydrogen (secondary N) is 1. The molecule has 0 aliphatic heterocycles. The van der Waals surface area contributed by atoms with Gasteiger partial charge in [0.25, 0.3) is 5.91 Å². The maximum absolute atomic E-state index is 12.2. The average molecular weight is 313 g/mol. The second kappa shape index (κ2) is 6.07. The summed E-state index contributed by atoms with van der Waals surface area (Å²) >= 11 is 1.47. The molecule has 0 radical (unpaired) electrons. The van der Waals surface area contributed by atoms with E-state index in [0.717, 1.165) is 22.7 Å². The Morgan fingerprint density at radius 3 is 2.77 bits per heavy atom. The van der Waals surface area contributed by atoms with Crippen molar-refractivity contribution in [3.63, 3.8) is 0 Å². The molecule has 0 aliphatic rings. The molecule has 0 aliphatic carbocycles. The summed E-state index contributed by atoms with van der Waals surface area (Å²) in [5.41, 5.74) is 2.07. The van der Waals surface area contributed by atoms with E-state index < -0.39 is 0 Å². The number of carbonyl (C=O) groups excluding carboxylic acids is 1. The van der Waals surface area contributed by atoms with Crippen molar-refractivity contribution in [2.75, 3.05) is 5.32 Å². The highest BCUT2D eigenvalue weighted by molar-refractivity contribution is 7.15. The van der Waals surface area contributed by atoms with Crippen molar-refractivity contribution in [2.24, 2.45) is 0 Å². The van der Waals surface area contributed by atoms with Crippen LogP contribution in [-0.2, 0) is 6.42 Å². The lowest BCUT2D eigenvalue weighted by Crippen LogP contribution is -2.13. The normalized spacial score (nSPS) is 10.6. The Balaban J connectivity index is 1.77. The van der Waals surface area contributed by atoms with Crippen LogP contribution in [0.5, 0.6) is 0 Å². The van der Waals surface area contributed by atoms with Gasteiger partial charge in [0, 0.05) is 4.88 Å². The molecule has 6 nitrogen and oxygen atoms in total. The predicted molar refractivity (Wildman–Crippen MR) is 85.5 cm³/mol. The monoisotopic (exact) mass is 313 g/mol. The molecule has 7 heteroatoms. The van der Waals surface area contributed by atoms with Crippen LogP contribution in [-0.4, -0.2) is 25.9 Å². The fourth-order valence-electron chi connectivity index (χ4n) is 2.02. The molecule has 1 aromatic carbocycles. The zero-order valence-electron chi connectivity index (χ0n) is 12.3. The van der Waals surface area contributed by atoms with E-state index >= 15 is 0 Å². The summed E-state index contributed by atoms with van der Waals surface area (Å²) in [5, 5.41) is 11.7. The second-order valence-corrected chi connectivity index (χ2v) is 5.89. The predicted octanol–water partition coefficient (Wildman–Crippen LogP) is 2.85. The van der Waals surface area contributed by atoms with Gasteiger partial charge in [-0.3, -0.25) is 10.1 Å². The van der Waals surface area contributed by atoms with Crippen molar-refractivity contribution in [1.29, 1.82) is 0 Å². The largest absolute Gasteiger partial charge is 0.296 e. The number of hydrogen-bond donors (Lipinski definition) is 1. The molecular formula is C15H15N5OS. The molecule has 2 aromatic heterocycles. The molecule has 3 rings (SSSR count). The Bertz CT molecular complexity index is 793. The average Bonchev–Trinajstić information content (AvgIpc) is 3.15. The van der Waals surface area contributed by atoms with Crippen molar-refractivity contribution in [1.82, 2.24) is 20.0 Å². The molecular weight excluding hydrogens is 298 g/mol. The summed E-state index contributed by atoms with van der Waals surface area (Å²) < 4.78 is 0. The van der Waals surface area contributed by atoms with Gasteiger partial charge in [0.05, 0.1) is 17.6 Å². The minimum Gasteiger partial charge on any atom is -0.296 e. The third kappa shape index (κ3) is 2.89. The maximum atomic E-state index is 12.2. The molecule has 0 fully saturated rings. The first-order valence-corrected chi connectivity index (χ1v) is 7.74. The number of anilines is 1. The molecule has 0 unspecified atom stereocenters. The molecule has 0 saturated carbocycles. The number of amides is 1. The summed E-state index contributed by atoms with van der Waals surface area (Å²) in [6.07, 6.45) is 2.30. The van der Waals surface area contributed by atoms with Crippen molar-refractivity contribution in [3.8, 4) is 5.69 Å². The first-order valence-electron chi connectivity index (χ1n) is 6.93. The molecule has 0 saturated heterocycles. The van der Waals surface area contributed by atoms with Crippen LogP contribution < -0.4 is 5.32 Å². The van der Waals surface area contributed by atoms with E-state index in [1.807, 2.05) is 44.2 Å².